The lowest BCUT2D eigenvalue weighted by atomic mass is 9.94. The van der Waals surface area contributed by atoms with Crippen molar-refractivity contribution in [2.45, 2.75) is 40.5 Å². The van der Waals surface area contributed by atoms with Crippen LogP contribution in [0.5, 0.6) is 0 Å². The molecule has 20 heavy (non-hydrogen) atoms. The Bertz CT molecular complexity index is 633. The number of hydrogen-bond donors (Lipinski definition) is 0. The first-order chi connectivity index (χ1) is 9.51. The highest BCUT2D eigenvalue weighted by molar-refractivity contribution is 5.54. The first kappa shape index (κ1) is 14.6. The minimum Gasteiger partial charge on any atom is -0.0985 e. The zero-order valence-electron chi connectivity index (χ0n) is 13.1. The van der Waals surface area contributed by atoms with Gasteiger partial charge in [-0.05, 0) is 73.9 Å². The van der Waals surface area contributed by atoms with E-state index in [0.29, 0.717) is 0 Å². The predicted molar refractivity (Wildman–Crippen MR) is 89.3 cm³/mol. The van der Waals surface area contributed by atoms with E-state index in [2.05, 4.69) is 64.6 Å². The van der Waals surface area contributed by atoms with Crippen LogP contribution >= 0.6 is 0 Å². The molecule has 2 aromatic rings. The number of aryl methyl sites for hydroxylation is 6. The summed E-state index contributed by atoms with van der Waals surface area (Å²) in [5, 5.41) is 0. The largest absolute Gasteiger partial charge is 0.0985 e. The Morgan fingerprint density at radius 1 is 0.800 bits per heavy atom. The van der Waals surface area contributed by atoms with Gasteiger partial charge in [0.2, 0.25) is 0 Å². The van der Waals surface area contributed by atoms with Gasteiger partial charge in [0.25, 0.3) is 0 Å². The van der Waals surface area contributed by atoms with E-state index in [1.807, 2.05) is 6.08 Å². The average Bonchev–Trinajstić information content (AvgIpc) is 2.42. The molecule has 0 saturated carbocycles. The molecule has 0 aromatic heterocycles. The number of benzene rings is 2. The molecule has 0 aliphatic carbocycles. The molecular formula is C20H24. The third-order valence-electron chi connectivity index (χ3n) is 4.11. The smallest absolute Gasteiger partial charge is 0.0230 e. The monoisotopic (exact) mass is 264 g/mol. The van der Waals surface area contributed by atoms with Gasteiger partial charge in [0.15, 0.2) is 0 Å². The van der Waals surface area contributed by atoms with Crippen LogP contribution in [-0.4, -0.2) is 0 Å². The van der Waals surface area contributed by atoms with Crippen molar-refractivity contribution in [1.82, 2.24) is 0 Å². The van der Waals surface area contributed by atoms with Gasteiger partial charge < -0.3 is 0 Å². The van der Waals surface area contributed by atoms with Gasteiger partial charge in [-0.25, -0.2) is 0 Å². The summed E-state index contributed by atoms with van der Waals surface area (Å²) in [6.45, 7) is 12.6. The van der Waals surface area contributed by atoms with Crippen LogP contribution in [0, 0.1) is 27.7 Å². The van der Waals surface area contributed by atoms with E-state index in [1.54, 1.807) is 0 Å². The molecule has 0 bridgehead atoms. The first-order valence-electron chi connectivity index (χ1n) is 7.30. The molecule has 0 heterocycles. The van der Waals surface area contributed by atoms with Crippen molar-refractivity contribution >= 4 is 6.08 Å². The average molecular weight is 264 g/mol. The highest BCUT2D eigenvalue weighted by Crippen LogP contribution is 2.20. The summed E-state index contributed by atoms with van der Waals surface area (Å²) in [6, 6.07) is 11.3. The lowest BCUT2D eigenvalue weighted by Crippen LogP contribution is -1.98. The molecule has 0 radical (unpaired) electrons. The summed E-state index contributed by atoms with van der Waals surface area (Å²) in [4.78, 5) is 0. The molecule has 2 aromatic carbocycles. The fraction of sp³-hybridized carbons (Fsp3) is 0.300. The molecular weight excluding hydrogens is 240 g/mol. The van der Waals surface area contributed by atoms with Crippen LogP contribution in [0.2, 0.25) is 0 Å². The van der Waals surface area contributed by atoms with E-state index in [0.717, 1.165) is 12.8 Å². The number of rotatable bonds is 4. The molecule has 0 nitrogen and oxygen atoms in total. The van der Waals surface area contributed by atoms with Gasteiger partial charge in [0, 0.05) is 0 Å². The number of hydrogen-bond acceptors (Lipinski definition) is 0. The SMILES string of the molecule is C=Cc1cc(C)c(CCc2cc(C)ccc2C)cc1C. The highest BCUT2D eigenvalue weighted by atomic mass is 14.1. The van der Waals surface area contributed by atoms with E-state index in [1.165, 1.54) is 38.9 Å². The molecule has 0 N–H and O–H groups in total. The van der Waals surface area contributed by atoms with E-state index in [9.17, 15) is 0 Å². The summed E-state index contributed by atoms with van der Waals surface area (Å²) >= 11 is 0. The predicted octanol–water partition coefficient (Wildman–Crippen LogP) is 5.35. The van der Waals surface area contributed by atoms with Crippen LogP contribution in [-0.2, 0) is 12.8 Å². The highest BCUT2D eigenvalue weighted by Gasteiger charge is 2.05. The zero-order chi connectivity index (χ0) is 14.7. The van der Waals surface area contributed by atoms with Crippen molar-refractivity contribution in [2.75, 3.05) is 0 Å². The van der Waals surface area contributed by atoms with Gasteiger partial charge in [-0.1, -0.05) is 48.6 Å². The van der Waals surface area contributed by atoms with Gasteiger partial charge in [-0.15, -0.1) is 0 Å². The summed E-state index contributed by atoms with van der Waals surface area (Å²) in [7, 11) is 0. The quantitative estimate of drug-likeness (QED) is 0.698. The van der Waals surface area contributed by atoms with Crippen molar-refractivity contribution in [3.8, 4) is 0 Å². The lowest BCUT2D eigenvalue weighted by molar-refractivity contribution is 0.934. The van der Waals surface area contributed by atoms with Crippen LogP contribution in [0.1, 0.15) is 38.9 Å². The minimum atomic E-state index is 1.11. The second-order valence-electron chi connectivity index (χ2n) is 5.77. The standard InChI is InChI=1S/C20H24/c1-6-18-12-17(5)20(13-16(18)4)10-9-19-11-14(2)7-8-15(19)3/h6-8,11-13H,1,9-10H2,2-5H3. The zero-order valence-corrected chi connectivity index (χ0v) is 13.1. The van der Waals surface area contributed by atoms with Crippen molar-refractivity contribution in [1.29, 1.82) is 0 Å². The maximum absolute atomic E-state index is 3.88. The van der Waals surface area contributed by atoms with Crippen molar-refractivity contribution in [3.05, 3.63) is 75.9 Å². The Kier molecular flexibility index (Phi) is 4.44. The molecule has 2 rings (SSSR count). The molecule has 104 valence electrons. The van der Waals surface area contributed by atoms with E-state index in [4.69, 9.17) is 0 Å². The topological polar surface area (TPSA) is 0 Å². The summed E-state index contributed by atoms with van der Waals surface area (Å²) in [5.41, 5.74) is 9.60. The third kappa shape index (κ3) is 3.19. The van der Waals surface area contributed by atoms with Crippen LogP contribution in [0.25, 0.3) is 6.08 Å². The van der Waals surface area contributed by atoms with Crippen molar-refractivity contribution < 1.29 is 0 Å². The molecule has 0 unspecified atom stereocenters. The van der Waals surface area contributed by atoms with Gasteiger partial charge in [0.1, 0.15) is 0 Å². The lowest BCUT2D eigenvalue weighted by Gasteiger charge is -2.12. The Morgan fingerprint density at radius 3 is 2.10 bits per heavy atom. The minimum absolute atomic E-state index is 1.11. The Hall–Kier alpha value is -1.82. The maximum Gasteiger partial charge on any atom is -0.0230 e. The summed E-state index contributed by atoms with van der Waals surface area (Å²) < 4.78 is 0. The van der Waals surface area contributed by atoms with Crippen LogP contribution in [0.4, 0.5) is 0 Å². The second kappa shape index (κ2) is 6.09. The van der Waals surface area contributed by atoms with E-state index in [-0.39, 0.29) is 0 Å². The molecule has 0 saturated heterocycles. The van der Waals surface area contributed by atoms with Crippen molar-refractivity contribution in [3.63, 3.8) is 0 Å². The van der Waals surface area contributed by atoms with Gasteiger partial charge in [-0.3, -0.25) is 0 Å². The molecule has 0 aliphatic rings. The first-order valence-corrected chi connectivity index (χ1v) is 7.30. The fourth-order valence-corrected chi connectivity index (χ4v) is 2.73. The molecule has 0 spiro atoms. The summed E-state index contributed by atoms with van der Waals surface area (Å²) in [5.74, 6) is 0. The second-order valence-corrected chi connectivity index (χ2v) is 5.77. The normalized spacial score (nSPS) is 10.6. The summed E-state index contributed by atoms with van der Waals surface area (Å²) in [6.07, 6.45) is 4.16. The van der Waals surface area contributed by atoms with Crippen molar-refractivity contribution in [2.24, 2.45) is 0 Å². The Balaban J connectivity index is 2.21. The molecule has 0 atom stereocenters. The van der Waals surface area contributed by atoms with Gasteiger partial charge >= 0.3 is 0 Å². The Labute approximate surface area is 123 Å². The molecule has 0 fully saturated rings. The van der Waals surface area contributed by atoms with Crippen LogP contribution < -0.4 is 0 Å². The third-order valence-corrected chi connectivity index (χ3v) is 4.11. The fourth-order valence-electron chi connectivity index (χ4n) is 2.73. The maximum atomic E-state index is 3.88. The van der Waals surface area contributed by atoms with Gasteiger partial charge in [0.05, 0.1) is 0 Å². The molecule has 0 heteroatoms. The van der Waals surface area contributed by atoms with E-state index < -0.39 is 0 Å². The van der Waals surface area contributed by atoms with E-state index >= 15 is 0 Å². The molecule has 0 aliphatic heterocycles. The Morgan fingerprint density at radius 2 is 1.45 bits per heavy atom. The van der Waals surface area contributed by atoms with Crippen LogP contribution in [0.15, 0.2) is 36.9 Å². The van der Waals surface area contributed by atoms with Crippen LogP contribution in [0.3, 0.4) is 0 Å². The van der Waals surface area contributed by atoms with Gasteiger partial charge in [-0.2, -0.15) is 0 Å². The molecule has 0 amide bonds.